The van der Waals surface area contributed by atoms with E-state index in [9.17, 15) is 0 Å². The van der Waals surface area contributed by atoms with Crippen LogP contribution in [0.5, 0.6) is 0 Å². The van der Waals surface area contributed by atoms with E-state index in [0.717, 1.165) is 12.3 Å². The van der Waals surface area contributed by atoms with Crippen molar-refractivity contribution in [3.8, 4) is 0 Å². The van der Waals surface area contributed by atoms with E-state index < -0.39 is 0 Å². The molecule has 0 radical (unpaired) electrons. The van der Waals surface area contributed by atoms with Crippen LogP contribution in [0.15, 0.2) is 22.7 Å². The maximum absolute atomic E-state index is 3.56. The van der Waals surface area contributed by atoms with Crippen LogP contribution in [0.1, 0.15) is 25.0 Å². The van der Waals surface area contributed by atoms with Gasteiger partial charge >= 0.3 is 0 Å². The van der Waals surface area contributed by atoms with Gasteiger partial charge in [0, 0.05) is 4.47 Å². The van der Waals surface area contributed by atoms with Gasteiger partial charge in [-0.05, 0) is 30.9 Å². The van der Waals surface area contributed by atoms with Crippen molar-refractivity contribution in [3.05, 3.63) is 33.8 Å². The number of hydrogen-bond acceptors (Lipinski definition) is 0. The molecule has 0 saturated carbocycles. The molecule has 0 amide bonds. The molecule has 0 aliphatic carbocycles. The molecule has 0 bridgehead atoms. The van der Waals surface area contributed by atoms with Gasteiger partial charge in [-0.25, -0.2) is 0 Å². The third kappa shape index (κ3) is 2.63. The Bertz CT molecular complexity index is 264. The van der Waals surface area contributed by atoms with Crippen molar-refractivity contribution >= 4 is 15.9 Å². The SMILES string of the molecule is Cc1ccc(Br)c(CC(C)C)c1. The van der Waals surface area contributed by atoms with Gasteiger partial charge in [-0.1, -0.05) is 47.5 Å². The normalized spacial score (nSPS) is 10.8. The second-order valence-electron chi connectivity index (χ2n) is 3.69. The van der Waals surface area contributed by atoms with Crippen molar-refractivity contribution in [1.82, 2.24) is 0 Å². The minimum Gasteiger partial charge on any atom is -0.0625 e. The highest BCUT2D eigenvalue weighted by Crippen LogP contribution is 2.20. The standard InChI is InChI=1S/C11H15Br/c1-8(2)6-10-7-9(3)4-5-11(10)12/h4-5,7-8H,6H2,1-3H3. The minimum absolute atomic E-state index is 0.725. The molecule has 0 fully saturated rings. The number of halogens is 1. The lowest BCUT2D eigenvalue weighted by atomic mass is 10.0. The summed E-state index contributed by atoms with van der Waals surface area (Å²) in [4.78, 5) is 0. The molecular weight excluding hydrogens is 212 g/mol. The molecule has 0 aliphatic rings. The summed E-state index contributed by atoms with van der Waals surface area (Å²) in [6, 6.07) is 6.52. The van der Waals surface area contributed by atoms with Gasteiger partial charge in [0.25, 0.3) is 0 Å². The third-order valence-electron chi connectivity index (χ3n) is 1.83. The van der Waals surface area contributed by atoms with E-state index in [1.54, 1.807) is 0 Å². The van der Waals surface area contributed by atoms with E-state index in [1.165, 1.54) is 15.6 Å². The summed E-state index contributed by atoms with van der Waals surface area (Å²) in [6.07, 6.45) is 1.16. The Morgan fingerprint density at radius 1 is 1.33 bits per heavy atom. The van der Waals surface area contributed by atoms with Gasteiger partial charge in [-0.15, -0.1) is 0 Å². The molecule has 66 valence electrons. The minimum atomic E-state index is 0.725. The monoisotopic (exact) mass is 226 g/mol. The Balaban J connectivity index is 2.90. The predicted molar refractivity (Wildman–Crippen MR) is 57.4 cm³/mol. The molecule has 1 heteroatoms. The average molecular weight is 227 g/mol. The highest BCUT2D eigenvalue weighted by atomic mass is 79.9. The molecule has 1 aromatic carbocycles. The van der Waals surface area contributed by atoms with Crippen molar-refractivity contribution < 1.29 is 0 Å². The zero-order chi connectivity index (χ0) is 9.14. The fourth-order valence-electron chi connectivity index (χ4n) is 1.30. The third-order valence-corrected chi connectivity index (χ3v) is 2.60. The summed E-state index contributed by atoms with van der Waals surface area (Å²) < 4.78 is 1.24. The number of benzene rings is 1. The van der Waals surface area contributed by atoms with Gasteiger partial charge in [0.2, 0.25) is 0 Å². The fraction of sp³-hybridized carbons (Fsp3) is 0.455. The second-order valence-corrected chi connectivity index (χ2v) is 4.55. The average Bonchev–Trinajstić information content (AvgIpc) is 1.96. The first-order valence-electron chi connectivity index (χ1n) is 4.34. The van der Waals surface area contributed by atoms with Gasteiger partial charge in [-0.2, -0.15) is 0 Å². The highest BCUT2D eigenvalue weighted by Gasteiger charge is 2.02. The van der Waals surface area contributed by atoms with Crippen LogP contribution in [0, 0.1) is 12.8 Å². The fourth-order valence-corrected chi connectivity index (χ4v) is 1.71. The number of rotatable bonds is 2. The zero-order valence-electron chi connectivity index (χ0n) is 7.89. The smallest absolute Gasteiger partial charge is 0.0207 e. The summed E-state index contributed by atoms with van der Waals surface area (Å²) >= 11 is 3.56. The van der Waals surface area contributed by atoms with Gasteiger partial charge < -0.3 is 0 Å². The molecule has 0 spiro atoms. The highest BCUT2D eigenvalue weighted by molar-refractivity contribution is 9.10. The molecule has 1 aromatic rings. The maximum Gasteiger partial charge on any atom is 0.0207 e. The predicted octanol–water partition coefficient (Wildman–Crippen LogP) is 3.96. The van der Waals surface area contributed by atoms with E-state index in [0.29, 0.717) is 0 Å². The Hall–Kier alpha value is -0.300. The first-order chi connectivity index (χ1) is 5.59. The number of aryl methyl sites for hydroxylation is 1. The van der Waals surface area contributed by atoms with Gasteiger partial charge in [0.05, 0.1) is 0 Å². The lowest BCUT2D eigenvalue weighted by Crippen LogP contribution is -1.95. The van der Waals surface area contributed by atoms with E-state index in [1.807, 2.05) is 0 Å². The molecule has 12 heavy (non-hydrogen) atoms. The number of hydrogen-bond donors (Lipinski definition) is 0. The van der Waals surface area contributed by atoms with Crippen LogP contribution >= 0.6 is 15.9 Å². The zero-order valence-corrected chi connectivity index (χ0v) is 9.48. The Morgan fingerprint density at radius 3 is 2.58 bits per heavy atom. The van der Waals surface area contributed by atoms with E-state index in [2.05, 4.69) is 54.9 Å². The first-order valence-corrected chi connectivity index (χ1v) is 5.14. The van der Waals surface area contributed by atoms with Crippen LogP contribution in [0.2, 0.25) is 0 Å². The van der Waals surface area contributed by atoms with Crippen LogP contribution in [-0.4, -0.2) is 0 Å². The molecule has 0 nitrogen and oxygen atoms in total. The molecule has 0 atom stereocenters. The van der Waals surface area contributed by atoms with Gasteiger partial charge in [0.15, 0.2) is 0 Å². The van der Waals surface area contributed by atoms with Crippen molar-refractivity contribution in [3.63, 3.8) is 0 Å². The van der Waals surface area contributed by atoms with E-state index in [-0.39, 0.29) is 0 Å². The molecule has 0 unspecified atom stereocenters. The maximum atomic E-state index is 3.56. The van der Waals surface area contributed by atoms with Crippen molar-refractivity contribution in [1.29, 1.82) is 0 Å². The van der Waals surface area contributed by atoms with Crippen LogP contribution < -0.4 is 0 Å². The van der Waals surface area contributed by atoms with Crippen LogP contribution in [0.4, 0.5) is 0 Å². The van der Waals surface area contributed by atoms with Crippen molar-refractivity contribution in [2.75, 3.05) is 0 Å². The molecule has 0 saturated heterocycles. The summed E-state index contributed by atoms with van der Waals surface area (Å²) in [5, 5.41) is 0. The van der Waals surface area contributed by atoms with Crippen molar-refractivity contribution in [2.24, 2.45) is 5.92 Å². The molecule has 1 rings (SSSR count). The van der Waals surface area contributed by atoms with Crippen molar-refractivity contribution in [2.45, 2.75) is 27.2 Å². The lowest BCUT2D eigenvalue weighted by Gasteiger charge is -2.07. The molecular formula is C11H15Br. The summed E-state index contributed by atoms with van der Waals surface area (Å²) in [7, 11) is 0. The summed E-state index contributed by atoms with van der Waals surface area (Å²) in [5.41, 5.74) is 2.76. The molecule has 0 heterocycles. The van der Waals surface area contributed by atoms with E-state index >= 15 is 0 Å². The lowest BCUT2D eigenvalue weighted by molar-refractivity contribution is 0.645. The van der Waals surface area contributed by atoms with Crippen LogP contribution in [-0.2, 0) is 6.42 Å². The Labute approximate surface area is 83.1 Å². The second kappa shape index (κ2) is 4.08. The first kappa shape index (κ1) is 9.79. The summed E-state index contributed by atoms with van der Waals surface area (Å²) in [6.45, 7) is 6.62. The van der Waals surface area contributed by atoms with Gasteiger partial charge in [0.1, 0.15) is 0 Å². The van der Waals surface area contributed by atoms with E-state index in [4.69, 9.17) is 0 Å². The van der Waals surface area contributed by atoms with Crippen LogP contribution in [0.25, 0.3) is 0 Å². The Morgan fingerprint density at radius 2 is 2.00 bits per heavy atom. The van der Waals surface area contributed by atoms with Gasteiger partial charge in [-0.3, -0.25) is 0 Å². The molecule has 0 aromatic heterocycles. The molecule has 0 aliphatic heterocycles. The topological polar surface area (TPSA) is 0 Å². The van der Waals surface area contributed by atoms with Crippen LogP contribution in [0.3, 0.4) is 0 Å². The largest absolute Gasteiger partial charge is 0.0625 e. The molecule has 0 N–H and O–H groups in total. The summed E-state index contributed by atoms with van der Waals surface area (Å²) in [5.74, 6) is 0.725. The Kier molecular flexibility index (Phi) is 3.33. The quantitative estimate of drug-likeness (QED) is 0.717.